The SMILES string of the molecule is Cc1c(/C=C/c2ccc(CN3CCCC3CO)cn2)cccc1-c1ccccc1. The molecule has 1 saturated heterocycles. The second-order valence-electron chi connectivity index (χ2n) is 7.76. The molecule has 29 heavy (non-hydrogen) atoms. The Morgan fingerprint density at radius 2 is 1.90 bits per heavy atom. The maximum absolute atomic E-state index is 9.48. The molecule has 1 unspecified atom stereocenters. The first kappa shape index (κ1) is 19.6. The number of aromatic nitrogens is 1. The summed E-state index contributed by atoms with van der Waals surface area (Å²) in [5.41, 5.74) is 7.14. The lowest BCUT2D eigenvalue weighted by molar-refractivity contribution is 0.153. The van der Waals surface area contributed by atoms with E-state index in [0.717, 1.165) is 25.2 Å². The van der Waals surface area contributed by atoms with Gasteiger partial charge in [-0.05, 0) is 66.3 Å². The fraction of sp³-hybridized carbons (Fsp3) is 0.269. The van der Waals surface area contributed by atoms with Gasteiger partial charge in [0, 0.05) is 18.8 Å². The Balaban J connectivity index is 1.47. The summed E-state index contributed by atoms with van der Waals surface area (Å²) in [6.45, 7) is 4.34. The van der Waals surface area contributed by atoms with Crippen LogP contribution in [0.4, 0.5) is 0 Å². The van der Waals surface area contributed by atoms with Gasteiger partial charge in [-0.15, -0.1) is 0 Å². The van der Waals surface area contributed by atoms with Crippen molar-refractivity contribution in [3.8, 4) is 11.1 Å². The predicted molar refractivity (Wildman–Crippen MR) is 120 cm³/mol. The van der Waals surface area contributed by atoms with E-state index in [1.165, 1.54) is 34.2 Å². The molecule has 0 bridgehead atoms. The topological polar surface area (TPSA) is 36.4 Å². The molecule has 4 rings (SSSR count). The van der Waals surface area contributed by atoms with Crippen molar-refractivity contribution < 1.29 is 5.11 Å². The maximum atomic E-state index is 9.48. The van der Waals surface area contributed by atoms with Gasteiger partial charge in [-0.3, -0.25) is 9.88 Å². The third kappa shape index (κ3) is 4.64. The van der Waals surface area contributed by atoms with E-state index in [9.17, 15) is 5.11 Å². The van der Waals surface area contributed by atoms with Gasteiger partial charge in [0.1, 0.15) is 0 Å². The summed E-state index contributed by atoms with van der Waals surface area (Å²) in [5, 5.41) is 9.48. The monoisotopic (exact) mass is 384 g/mol. The van der Waals surface area contributed by atoms with Crippen LogP contribution in [0, 0.1) is 6.92 Å². The van der Waals surface area contributed by atoms with Crippen molar-refractivity contribution in [3.63, 3.8) is 0 Å². The van der Waals surface area contributed by atoms with Gasteiger partial charge in [0.15, 0.2) is 0 Å². The van der Waals surface area contributed by atoms with Gasteiger partial charge in [-0.2, -0.15) is 0 Å². The molecule has 1 aliphatic heterocycles. The summed E-state index contributed by atoms with van der Waals surface area (Å²) in [4.78, 5) is 6.97. The standard InChI is InChI=1S/C26H28N2O/c1-20-22(9-5-11-26(20)23-7-3-2-4-8-23)13-15-24-14-12-21(17-27-24)18-28-16-6-10-25(28)19-29/h2-5,7-9,11-15,17,25,29H,6,10,16,18-19H2,1H3/b15-13+. The second kappa shape index (κ2) is 9.17. The summed E-state index contributed by atoms with van der Waals surface area (Å²) >= 11 is 0. The lowest BCUT2D eigenvalue weighted by atomic mass is 9.96. The van der Waals surface area contributed by atoms with Crippen LogP contribution in [0.3, 0.4) is 0 Å². The zero-order valence-electron chi connectivity index (χ0n) is 17.0. The molecule has 0 amide bonds. The van der Waals surface area contributed by atoms with Crippen LogP contribution >= 0.6 is 0 Å². The lowest BCUT2D eigenvalue weighted by Crippen LogP contribution is -2.31. The summed E-state index contributed by atoms with van der Waals surface area (Å²) in [7, 11) is 0. The molecular weight excluding hydrogens is 356 g/mol. The minimum Gasteiger partial charge on any atom is -0.395 e. The van der Waals surface area contributed by atoms with Crippen molar-refractivity contribution >= 4 is 12.2 Å². The fourth-order valence-corrected chi connectivity index (χ4v) is 4.11. The largest absolute Gasteiger partial charge is 0.395 e. The number of nitrogens with zero attached hydrogens (tertiary/aromatic N) is 2. The van der Waals surface area contributed by atoms with E-state index in [-0.39, 0.29) is 6.61 Å². The van der Waals surface area contributed by atoms with E-state index < -0.39 is 0 Å². The number of hydrogen-bond donors (Lipinski definition) is 1. The third-order valence-electron chi connectivity index (χ3n) is 5.84. The Morgan fingerprint density at radius 1 is 1.03 bits per heavy atom. The number of aliphatic hydroxyl groups is 1. The Kier molecular flexibility index (Phi) is 6.18. The van der Waals surface area contributed by atoms with Crippen LogP contribution in [0.2, 0.25) is 0 Å². The molecule has 0 spiro atoms. The maximum Gasteiger partial charge on any atom is 0.0630 e. The van der Waals surface area contributed by atoms with E-state index in [1.807, 2.05) is 12.3 Å². The van der Waals surface area contributed by atoms with Crippen LogP contribution < -0.4 is 0 Å². The second-order valence-corrected chi connectivity index (χ2v) is 7.76. The van der Waals surface area contributed by atoms with Crippen molar-refractivity contribution in [1.29, 1.82) is 0 Å². The highest BCUT2D eigenvalue weighted by molar-refractivity contribution is 5.76. The Bertz CT molecular complexity index is 964. The first-order chi connectivity index (χ1) is 14.2. The third-order valence-corrected chi connectivity index (χ3v) is 5.84. The molecule has 2 heterocycles. The molecule has 1 aromatic heterocycles. The molecule has 3 nitrogen and oxygen atoms in total. The van der Waals surface area contributed by atoms with Crippen LogP contribution in [0.25, 0.3) is 23.3 Å². The van der Waals surface area contributed by atoms with Crippen LogP contribution in [0.15, 0.2) is 66.9 Å². The quantitative estimate of drug-likeness (QED) is 0.636. The van der Waals surface area contributed by atoms with Crippen molar-refractivity contribution in [2.45, 2.75) is 32.4 Å². The van der Waals surface area contributed by atoms with E-state index >= 15 is 0 Å². The fourth-order valence-electron chi connectivity index (χ4n) is 4.11. The summed E-state index contributed by atoms with van der Waals surface area (Å²) in [6, 6.07) is 21.5. The number of aliphatic hydroxyl groups excluding tert-OH is 1. The molecule has 0 saturated carbocycles. The average Bonchev–Trinajstić information content (AvgIpc) is 3.22. The molecule has 0 radical (unpaired) electrons. The van der Waals surface area contributed by atoms with Gasteiger partial charge < -0.3 is 5.11 Å². The molecule has 1 fully saturated rings. The Labute approximate surface area is 173 Å². The molecule has 3 heteroatoms. The van der Waals surface area contributed by atoms with Crippen LogP contribution in [0.5, 0.6) is 0 Å². The number of pyridine rings is 1. The van der Waals surface area contributed by atoms with Crippen LogP contribution in [-0.4, -0.2) is 34.2 Å². The minimum absolute atomic E-state index is 0.246. The highest BCUT2D eigenvalue weighted by atomic mass is 16.3. The van der Waals surface area contributed by atoms with Gasteiger partial charge in [0.2, 0.25) is 0 Å². The Hall–Kier alpha value is -2.75. The van der Waals surface area contributed by atoms with Gasteiger partial charge >= 0.3 is 0 Å². The molecule has 2 aromatic carbocycles. The van der Waals surface area contributed by atoms with E-state index in [4.69, 9.17) is 0 Å². The first-order valence-corrected chi connectivity index (χ1v) is 10.4. The van der Waals surface area contributed by atoms with Crippen molar-refractivity contribution in [3.05, 3.63) is 89.2 Å². The molecule has 148 valence electrons. The van der Waals surface area contributed by atoms with Crippen molar-refractivity contribution in [2.75, 3.05) is 13.2 Å². The van der Waals surface area contributed by atoms with Crippen molar-refractivity contribution in [1.82, 2.24) is 9.88 Å². The van der Waals surface area contributed by atoms with Gasteiger partial charge in [-0.25, -0.2) is 0 Å². The minimum atomic E-state index is 0.246. The van der Waals surface area contributed by atoms with Crippen LogP contribution in [-0.2, 0) is 6.54 Å². The number of rotatable bonds is 6. The Morgan fingerprint density at radius 3 is 2.66 bits per heavy atom. The number of benzene rings is 2. The molecule has 1 N–H and O–H groups in total. The normalized spacial score (nSPS) is 17.2. The predicted octanol–water partition coefficient (Wildman–Crippen LogP) is 5.18. The number of likely N-dealkylation sites (tertiary alicyclic amines) is 1. The van der Waals surface area contributed by atoms with Gasteiger partial charge in [0.25, 0.3) is 0 Å². The highest BCUT2D eigenvalue weighted by Crippen LogP contribution is 2.26. The highest BCUT2D eigenvalue weighted by Gasteiger charge is 2.23. The number of hydrogen-bond acceptors (Lipinski definition) is 3. The van der Waals surface area contributed by atoms with Crippen LogP contribution in [0.1, 0.15) is 35.2 Å². The van der Waals surface area contributed by atoms with E-state index in [0.29, 0.717) is 6.04 Å². The summed E-state index contributed by atoms with van der Waals surface area (Å²) < 4.78 is 0. The van der Waals surface area contributed by atoms with E-state index in [1.54, 1.807) is 0 Å². The average molecular weight is 385 g/mol. The van der Waals surface area contributed by atoms with Gasteiger partial charge in [-0.1, -0.05) is 60.7 Å². The molecule has 0 aliphatic carbocycles. The summed E-state index contributed by atoms with van der Waals surface area (Å²) in [5.74, 6) is 0. The summed E-state index contributed by atoms with van der Waals surface area (Å²) in [6.07, 6.45) is 8.44. The van der Waals surface area contributed by atoms with E-state index in [2.05, 4.69) is 83.6 Å². The first-order valence-electron chi connectivity index (χ1n) is 10.4. The molecule has 3 aromatic rings. The molecular formula is C26H28N2O. The molecule has 1 aliphatic rings. The smallest absolute Gasteiger partial charge is 0.0630 e. The van der Waals surface area contributed by atoms with Gasteiger partial charge in [0.05, 0.1) is 12.3 Å². The van der Waals surface area contributed by atoms with Crippen molar-refractivity contribution in [2.24, 2.45) is 0 Å². The molecule has 1 atom stereocenters. The zero-order valence-corrected chi connectivity index (χ0v) is 17.0. The zero-order chi connectivity index (χ0) is 20.1. The lowest BCUT2D eigenvalue weighted by Gasteiger charge is -2.22.